The largest absolute Gasteiger partial charge is 0.314 e. The Morgan fingerprint density at radius 3 is 3.00 bits per heavy atom. The van der Waals surface area contributed by atoms with E-state index in [1.807, 2.05) is 0 Å². The van der Waals surface area contributed by atoms with Crippen molar-refractivity contribution in [3.8, 4) is 0 Å². The summed E-state index contributed by atoms with van der Waals surface area (Å²) in [5.41, 5.74) is 4.91. The number of hydrogen-bond acceptors (Lipinski definition) is 1. The summed E-state index contributed by atoms with van der Waals surface area (Å²) >= 11 is 0. The predicted molar refractivity (Wildman–Crippen MR) is 67.8 cm³/mol. The summed E-state index contributed by atoms with van der Waals surface area (Å²) in [5.74, 6) is 0. The number of benzene rings is 1. The highest BCUT2D eigenvalue weighted by Gasteiger charge is 2.18. The van der Waals surface area contributed by atoms with Crippen LogP contribution < -0.4 is 5.32 Å². The van der Waals surface area contributed by atoms with E-state index >= 15 is 0 Å². The van der Waals surface area contributed by atoms with Crippen molar-refractivity contribution < 1.29 is 0 Å². The first-order valence-electron chi connectivity index (χ1n) is 6.76. The Balaban J connectivity index is 1.76. The molecular weight excluding hydrogens is 194 g/mol. The Morgan fingerprint density at radius 2 is 2.12 bits per heavy atom. The van der Waals surface area contributed by atoms with E-state index in [1.54, 1.807) is 16.7 Å². The highest BCUT2D eigenvalue weighted by Crippen LogP contribution is 2.26. The van der Waals surface area contributed by atoms with Crippen molar-refractivity contribution in [2.24, 2.45) is 0 Å². The zero-order chi connectivity index (χ0) is 10.8. The van der Waals surface area contributed by atoms with Crippen LogP contribution in [0, 0.1) is 0 Å². The average molecular weight is 215 g/mol. The molecule has 0 saturated carbocycles. The van der Waals surface area contributed by atoms with E-state index in [1.165, 1.54) is 51.5 Å². The standard InChI is InChI=1S/C15H21N/c1-2-10-16-14(8-1)11-13-7-3-5-12-6-4-9-15(12)13/h3,5,7,14,16H,1-2,4,6,8-11H2. The second-order valence-electron chi connectivity index (χ2n) is 5.26. The summed E-state index contributed by atoms with van der Waals surface area (Å²) in [6.07, 6.45) is 9.38. The van der Waals surface area contributed by atoms with Crippen LogP contribution in [0.15, 0.2) is 18.2 Å². The molecule has 86 valence electrons. The van der Waals surface area contributed by atoms with Crippen molar-refractivity contribution in [3.05, 3.63) is 34.9 Å². The van der Waals surface area contributed by atoms with Gasteiger partial charge in [0, 0.05) is 6.04 Å². The van der Waals surface area contributed by atoms with Gasteiger partial charge in [-0.05, 0) is 61.8 Å². The molecule has 1 aromatic carbocycles. The Kier molecular flexibility index (Phi) is 2.96. The Labute approximate surface area is 98.3 Å². The monoisotopic (exact) mass is 215 g/mol. The summed E-state index contributed by atoms with van der Waals surface area (Å²) in [5, 5.41) is 3.66. The van der Waals surface area contributed by atoms with Crippen LogP contribution in [0.3, 0.4) is 0 Å². The van der Waals surface area contributed by atoms with Crippen LogP contribution in [0.1, 0.15) is 42.4 Å². The number of hydrogen-bond donors (Lipinski definition) is 1. The van der Waals surface area contributed by atoms with Crippen LogP contribution in [0.25, 0.3) is 0 Å². The summed E-state index contributed by atoms with van der Waals surface area (Å²) in [6.45, 7) is 1.22. The van der Waals surface area contributed by atoms with Gasteiger partial charge in [0.15, 0.2) is 0 Å². The van der Waals surface area contributed by atoms with E-state index in [0.29, 0.717) is 0 Å². The van der Waals surface area contributed by atoms with Gasteiger partial charge in [-0.3, -0.25) is 0 Å². The fraction of sp³-hybridized carbons (Fsp3) is 0.600. The third-order valence-corrected chi connectivity index (χ3v) is 4.12. The maximum atomic E-state index is 3.66. The molecule has 1 aromatic rings. The second-order valence-corrected chi connectivity index (χ2v) is 5.26. The van der Waals surface area contributed by atoms with Crippen LogP contribution in [-0.4, -0.2) is 12.6 Å². The second kappa shape index (κ2) is 4.58. The lowest BCUT2D eigenvalue weighted by molar-refractivity contribution is 0.399. The fourth-order valence-corrected chi connectivity index (χ4v) is 3.25. The minimum Gasteiger partial charge on any atom is -0.314 e. The third kappa shape index (κ3) is 2.01. The molecule has 0 bridgehead atoms. The van der Waals surface area contributed by atoms with E-state index in [9.17, 15) is 0 Å². The molecule has 0 radical (unpaired) electrons. The van der Waals surface area contributed by atoms with Gasteiger partial charge in [0.25, 0.3) is 0 Å². The summed E-state index contributed by atoms with van der Waals surface area (Å²) in [7, 11) is 0. The molecule has 1 aliphatic heterocycles. The molecule has 1 N–H and O–H groups in total. The number of nitrogens with one attached hydrogen (secondary N) is 1. The van der Waals surface area contributed by atoms with Crippen LogP contribution in [0.2, 0.25) is 0 Å². The van der Waals surface area contributed by atoms with E-state index in [-0.39, 0.29) is 0 Å². The number of piperidine rings is 1. The summed E-state index contributed by atoms with van der Waals surface area (Å²) < 4.78 is 0. The maximum Gasteiger partial charge on any atom is 0.0108 e. The molecule has 0 aromatic heterocycles. The first kappa shape index (κ1) is 10.3. The summed E-state index contributed by atoms with van der Waals surface area (Å²) in [6, 6.07) is 7.66. The topological polar surface area (TPSA) is 12.0 Å². The molecule has 1 fully saturated rings. The highest BCUT2D eigenvalue weighted by atomic mass is 14.9. The molecule has 3 rings (SSSR count). The van der Waals surface area contributed by atoms with Gasteiger partial charge in [-0.15, -0.1) is 0 Å². The first-order valence-corrected chi connectivity index (χ1v) is 6.76. The van der Waals surface area contributed by atoms with E-state index in [2.05, 4.69) is 23.5 Å². The van der Waals surface area contributed by atoms with Crippen molar-refractivity contribution in [2.45, 2.75) is 51.0 Å². The molecule has 0 amide bonds. The molecule has 1 atom stereocenters. The predicted octanol–water partition coefficient (Wildman–Crippen LogP) is 2.86. The van der Waals surface area contributed by atoms with Gasteiger partial charge in [0.05, 0.1) is 0 Å². The van der Waals surface area contributed by atoms with E-state index < -0.39 is 0 Å². The van der Waals surface area contributed by atoms with Crippen molar-refractivity contribution in [1.82, 2.24) is 5.32 Å². The molecule has 1 heteroatoms. The molecule has 1 saturated heterocycles. The van der Waals surface area contributed by atoms with Crippen molar-refractivity contribution in [1.29, 1.82) is 0 Å². The Morgan fingerprint density at radius 1 is 1.12 bits per heavy atom. The lowest BCUT2D eigenvalue weighted by Gasteiger charge is -2.24. The smallest absolute Gasteiger partial charge is 0.0108 e. The van der Waals surface area contributed by atoms with Gasteiger partial charge >= 0.3 is 0 Å². The molecule has 0 spiro atoms. The maximum absolute atomic E-state index is 3.66. The average Bonchev–Trinajstić information content (AvgIpc) is 2.80. The Hall–Kier alpha value is -0.820. The number of fused-ring (bicyclic) bond motifs is 1. The molecular formula is C15H21N. The van der Waals surface area contributed by atoms with Gasteiger partial charge in [0.2, 0.25) is 0 Å². The summed E-state index contributed by atoms with van der Waals surface area (Å²) in [4.78, 5) is 0. The zero-order valence-electron chi connectivity index (χ0n) is 9.97. The van der Waals surface area contributed by atoms with Gasteiger partial charge in [-0.1, -0.05) is 24.6 Å². The van der Waals surface area contributed by atoms with Crippen LogP contribution in [-0.2, 0) is 19.3 Å². The van der Waals surface area contributed by atoms with Gasteiger partial charge in [-0.25, -0.2) is 0 Å². The Bertz CT molecular complexity index is 364. The third-order valence-electron chi connectivity index (χ3n) is 4.12. The van der Waals surface area contributed by atoms with Crippen molar-refractivity contribution >= 4 is 0 Å². The zero-order valence-corrected chi connectivity index (χ0v) is 9.97. The van der Waals surface area contributed by atoms with Crippen molar-refractivity contribution in [2.75, 3.05) is 6.54 Å². The minimum absolute atomic E-state index is 0.737. The first-order chi connectivity index (χ1) is 7.93. The molecule has 1 unspecified atom stereocenters. The lowest BCUT2D eigenvalue weighted by atomic mass is 9.93. The lowest BCUT2D eigenvalue weighted by Crippen LogP contribution is -2.35. The minimum atomic E-state index is 0.737. The van der Waals surface area contributed by atoms with Crippen LogP contribution in [0.5, 0.6) is 0 Å². The van der Waals surface area contributed by atoms with Gasteiger partial charge in [-0.2, -0.15) is 0 Å². The molecule has 1 heterocycles. The highest BCUT2D eigenvalue weighted by molar-refractivity contribution is 5.38. The number of rotatable bonds is 2. The van der Waals surface area contributed by atoms with Gasteiger partial charge in [0.1, 0.15) is 0 Å². The normalized spacial score (nSPS) is 24.4. The van der Waals surface area contributed by atoms with Crippen molar-refractivity contribution in [3.63, 3.8) is 0 Å². The van der Waals surface area contributed by atoms with Crippen LogP contribution in [0.4, 0.5) is 0 Å². The van der Waals surface area contributed by atoms with Crippen LogP contribution >= 0.6 is 0 Å². The van der Waals surface area contributed by atoms with E-state index in [0.717, 1.165) is 6.04 Å². The quantitative estimate of drug-likeness (QED) is 0.800. The fourth-order valence-electron chi connectivity index (χ4n) is 3.25. The molecule has 1 aliphatic carbocycles. The SMILES string of the molecule is c1cc2c(c(CC3CCCCN3)c1)CCC2. The molecule has 16 heavy (non-hydrogen) atoms. The molecule has 2 aliphatic rings. The molecule has 1 nitrogen and oxygen atoms in total. The van der Waals surface area contributed by atoms with E-state index in [4.69, 9.17) is 0 Å². The van der Waals surface area contributed by atoms with Gasteiger partial charge < -0.3 is 5.32 Å². The number of aryl methyl sites for hydroxylation is 1.